The smallest absolute Gasteiger partial charge is 0.325 e. The number of aldehydes is 1. The predicted octanol–water partition coefficient (Wildman–Crippen LogP) is 4.23. The summed E-state index contributed by atoms with van der Waals surface area (Å²) in [4.78, 5) is 50.7. The largest absolute Gasteiger partial charge is 0.494 e. The molecule has 1 fully saturated rings. The van der Waals surface area contributed by atoms with E-state index in [4.69, 9.17) is 29.5 Å². The summed E-state index contributed by atoms with van der Waals surface area (Å²) in [6, 6.07) is 14.5. The molecule has 18 heteroatoms. The lowest BCUT2D eigenvalue weighted by Crippen LogP contribution is -2.47. The molecule has 0 atom stereocenters. The zero-order valence-electron chi connectivity index (χ0n) is 35.6. The quantitative estimate of drug-likeness (QED) is 0.0284. The van der Waals surface area contributed by atoms with Crippen LogP contribution >= 0.6 is 11.3 Å². The highest BCUT2D eigenvalue weighted by molar-refractivity contribution is 7.14. The monoisotopic (exact) mass is 865 g/mol. The van der Waals surface area contributed by atoms with Crippen LogP contribution in [0.25, 0.3) is 0 Å². The van der Waals surface area contributed by atoms with Crippen LogP contribution in [0.1, 0.15) is 36.9 Å². The number of nitrogens with two attached hydrogens (primary N) is 1. The molecule has 0 unspecified atom stereocenters. The zero-order chi connectivity index (χ0) is 43.3. The maximum atomic E-state index is 12.6. The van der Waals surface area contributed by atoms with Crippen molar-refractivity contribution in [1.29, 1.82) is 0 Å². The molecule has 0 radical (unpaired) electrons. The number of nitrogens with zero attached hydrogens (tertiary/aromatic N) is 6. The maximum absolute atomic E-state index is 12.6. The Labute approximate surface area is 363 Å². The molecule has 4 N–H and O–H groups in total. The highest BCUT2D eigenvalue weighted by atomic mass is 32.1. The average Bonchev–Trinajstić information content (AvgIpc) is 3.70. The van der Waals surface area contributed by atoms with E-state index in [0.29, 0.717) is 100 Å². The van der Waals surface area contributed by atoms with Gasteiger partial charge in [0.05, 0.1) is 70.6 Å². The predicted molar refractivity (Wildman–Crippen MR) is 240 cm³/mol. The zero-order valence-corrected chi connectivity index (χ0v) is 36.5. The average molecular weight is 866 g/mol. The van der Waals surface area contributed by atoms with E-state index in [-0.39, 0.29) is 12.3 Å². The molecule has 61 heavy (non-hydrogen) atoms. The summed E-state index contributed by atoms with van der Waals surface area (Å²) in [6.07, 6.45) is 6.66. The minimum Gasteiger partial charge on any atom is -0.494 e. The molecule has 3 aromatic rings. The van der Waals surface area contributed by atoms with Crippen LogP contribution in [0, 0.1) is 0 Å². The number of benzene rings is 2. The van der Waals surface area contributed by atoms with Gasteiger partial charge in [-0.1, -0.05) is 12.1 Å². The summed E-state index contributed by atoms with van der Waals surface area (Å²) < 4.78 is 28.6. The number of carbonyl (C=O) groups excluding carboxylic acids is 3. The molecular formula is C43H63N9O8S. The number of nitrogens with one attached hydrogen (secondary N) is 2. The lowest BCUT2D eigenvalue weighted by Gasteiger charge is -2.32. The van der Waals surface area contributed by atoms with E-state index in [9.17, 15) is 14.4 Å². The van der Waals surface area contributed by atoms with Crippen LogP contribution in [0.15, 0.2) is 64.0 Å². The van der Waals surface area contributed by atoms with Crippen molar-refractivity contribution in [3.05, 3.63) is 65.2 Å². The van der Waals surface area contributed by atoms with Crippen molar-refractivity contribution in [2.45, 2.75) is 38.5 Å². The Hall–Kier alpha value is -4.98. The Morgan fingerprint density at radius 1 is 0.852 bits per heavy atom. The van der Waals surface area contributed by atoms with Gasteiger partial charge in [0.1, 0.15) is 24.4 Å². The number of ether oxygens (including phenoxy) is 5. The van der Waals surface area contributed by atoms with Gasteiger partial charge in [0, 0.05) is 62.8 Å². The molecule has 0 spiro atoms. The summed E-state index contributed by atoms with van der Waals surface area (Å²) in [5.41, 5.74) is 3.01. The summed E-state index contributed by atoms with van der Waals surface area (Å²) in [6.45, 7) is 9.36. The van der Waals surface area contributed by atoms with Gasteiger partial charge in [0.25, 0.3) is 0 Å². The second kappa shape index (κ2) is 29.3. The number of unbranched alkanes of at least 4 members (excludes halogenated alkanes) is 1. The molecule has 2 heterocycles. The first-order valence-corrected chi connectivity index (χ1v) is 21.7. The van der Waals surface area contributed by atoms with E-state index in [2.05, 4.69) is 42.6 Å². The van der Waals surface area contributed by atoms with E-state index in [1.165, 1.54) is 11.3 Å². The number of carbonyl (C=O) groups is 3. The topological polar surface area (TPSA) is 195 Å². The van der Waals surface area contributed by atoms with Crippen LogP contribution in [0.2, 0.25) is 0 Å². The highest BCUT2D eigenvalue weighted by Gasteiger charge is 2.20. The number of anilines is 2. The number of piperazine rings is 1. The lowest BCUT2D eigenvalue weighted by molar-refractivity contribution is -0.132. The fourth-order valence-electron chi connectivity index (χ4n) is 5.91. The fraction of sp³-hybridized carbons (Fsp3) is 0.535. The van der Waals surface area contributed by atoms with Gasteiger partial charge in [0.2, 0.25) is 5.91 Å². The Balaban J connectivity index is 0.928. The number of likely N-dealkylation sites (N-methyl/N-ethyl adjacent to an activating group) is 2. The molecule has 334 valence electrons. The van der Waals surface area contributed by atoms with E-state index in [1.807, 2.05) is 36.2 Å². The molecule has 1 aromatic heterocycles. The molecule has 1 saturated heterocycles. The number of aryl methyl sites for hydroxylation is 1. The molecule has 0 aliphatic carbocycles. The molecule has 0 bridgehead atoms. The number of hydrogen-bond acceptors (Lipinski definition) is 15. The van der Waals surface area contributed by atoms with Crippen LogP contribution < -0.4 is 25.9 Å². The van der Waals surface area contributed by atoms with Gasteiger partial charge < -0.3 is 54.3 Å². The van der Waals surface area contributed by atoms with Crippen molar-refractivity contribution < 1.29 is 38.1 Å². The second-order valence-corrected chi connectivity index (χ2v) is 15.3. The Morgan fingerprint density at radius 2 is 1.54 bits per heavy atom. The van der Waals surface area contributed by atoms with Crippen LogP contribution in [0.5, 0.6) is 11.5 Å². The maximum Gasteiger partial charge on any atom is 0.325 e. The molecular weight excluding hydrogens is 803 g/mol. The number of urea groups is 1. The number of thiazole rings is 1. The van der Waals surface area contributed by atoms with Crippen molar-refractivity contribution in [2.75, 3.05) is 123 Å². The molecule has 2 aromatic carbocycles. The second-order valence-electron chi connectivity index (χ2n) is 14.4. The summed E-state index contributed by atoms with van der Waals surface area (Å²) in [7, 11) is 4.14. The number of aliphatic imine (C=N–C) groups is 1. The van der Waals surface area contributed by atoms with E-state index >= 15 is 0 Å². The third kappa shape index (κ3) is 20.9. The standard InChI is InChI=1S/C43H63N9O8S/c1-50(17-3-4-24-59-39-11-7-35(8-12-39)6-5-23-53)22-27-58-29-28-56-25-15-37(49-44)33-45-16-26-57-30-31-60-40-13-9-36(10-14-40)46-42(55)48-43-47-38(34-61-43)32-41(54)52-20-18-51(2)19-21-52/h7-14,23,33-34H,3-6,15-22,24-32,44H2,1-2H3,(H2,46,47,48,55)/b45-33?,49-37-. The minimum atomic E-state index is -0.426. The van der Waals surface area contributed by atoms with Crippen molar-refractivity contribution in [3.8, 4) is 11.5 Å². The molecule has 1 aliphatic heterocycles. The van der Waals surface area contributed by atoms with Gasteiger partial charge >= 0.3 is 6.03 Å². The summed E-state index contributed by atoms with van der Waals surface area (Å²) >= 11 is 1.28. The molecule has 17 nitrogen and oxygen atoms in total. The van der Waals surface area contributed by atoms with E-state index in [0.717, 1.165) is 76.1 Å². The SMILES string of the molecule is CN(CCCCOc1ccc(CCC=O)cc1)CCOCCOCC/C(C=NCCOCCOc1ccc(NC(=O)Nc2nc(CC(=O)N3CCN(C)CC3)cs2)cc1)=N/N. The van der Waals surface area contributed by atoms with Crippen molar-refractivity contribution in [3.63, 3.8) is 0 Å². The number of rotatable bonds is 30. The number of amides is 3. The molecule has 1 aliphatic rings. The van der Waals surface area contributed by atoms with Crippen molar-refractivity contribution in [2.24, 2.45) is 15.9 Å². The number of hydrogen-bond donors (Lipinski definition) is 3. The van der Waals surface area contributed by atoms with Crippen LogP contribution in [-0.4, -0.2) is 163 Å². The molecule has 4 rings (SSSR count). The fourth-order valence-corrected chi connectivity index (χ4v) is 6.62. The normalized spacial score (nSPS) is 13.5. The first kappa shape index (κ1) is 48.7. The Kier molecular flexibility index (Phi) is 23.4. The third-order valence-electron chi connectivity index (χ3n) is 9.51. The number of aromatic nitrogens is 1. The molecule has 0 saturated carbocycles. The van der Waals surface area contributed by atoms with Crippen LogP contribution in [0.3, 0.4) is 0 Å². The molecule has 3 amide bonds. The van der Waals surface area contributed by atoms with Gasteiger partial charge in [-0.25, -0.2) is 9.78 Å². The van der Waals surface area contributed by atoms with Crippen LogP contribution in [-0.2, 0) is 36.6 Å². The van der Waals surface area contributed by atoms with Crippen molar-refractivity contribution in [1.82, 2.24) is 19.7 Å². The van der Waals surface area contributed by atoms with Crippen LogP contribution in [0.4, 0.5) is 15.6 Å². The minimum absolute atomic E-state index is 0.0479. The van der Waals surface area contributed by atoms with Gasteiger partial charge in [0.15, 0.2) is 5.13 Å². The Morgan fingerprint density at radius 3 is 2.28 bits per heavy atom. The van der Waals surface area contributed by atoms with E-state index < -0.39 is 6.03 Å². The van der Waals surface area contributed by atoms with Gasteiger partial charge in [-0.3, -0.25) is 15.1 Å². The summed E-state index contributed by atoms with van der Waals surface area (Å²) in [5, 5.41) is 11.5. The summed E-state index contributed by atoms with van der Waals surface area (Å²) in [5.74, 6) is 7.08. The Bertz CT molecular complexity index is 1750. The first-order valence-electron chi connectivity index (χ1n) is 20.9. The van der Waals surface area contributed by atoms with Crippen molar-refractivity contribution >= 4 is 52.3 Å². The van der Waals surface area contributed by atoms with E-state index in [1.54, 1.807) is 35.9 Å². The van der Waals surface area contributed by atoms with Gasteiger partial charge in [-0.05, 0) is 81.9 Å². The highest BCUT2D eigenvalue weighted by Crippen LogP contribution is 2.19. The van der Waals surface area contributed by atoms with Gasteiger partial charge in [-0.15, -0.1) is 11.3 Å². The number of hydrazone groups is 1. The first-order chi connectivity index (χ1) is 29.8. The lowest BCUT2D eigenvalue weighted by atomic mass is 10.1. The van der Waals surface area contributed by atoms with Gasteiger partial charge in [-0.2, -0.15) is 5.10 Å². The third-order valence-corrected chi connectivity index (χ3v) is 10.3.